The van der Waals surface area contributed by atoms with E-state index in [0.717, 1.165) is 11.6 Å². The predicted octanol–water partition coefficient (Wildman–Crippen LogP) is 2.41. The number of amides is 1. The second-order valence-electron chi connectivity index (χ2n) is 5.15. The number of fused-ring (bicyclic) bond motifs is 1. The Hall–Kier alpha value is -2.67. The van der Waals surface area contributed by atoms with Gasteiger partial charge in [-0.25, -0.2) is 8.42 Å². The number of para-hydroxylation sites is 1. The lowest BCUT2D eigenvalue weighted by molar-refractivity contribution is -0.115. The molecule has 0 saturated carbocycles. The normalized spacial score (nSPS) is 11.5. The Morgan fingerprint density at radius 1 is 1.17 bits per heavy atom. The van der Waals surface area contributed by atoms with Crippen LogP contribution in [-0.4, -0.2) is 25.7 Å². The summed E-state index contributed by atoms with van der Waals surface area (Å²) >= 11 is 0. The number of aromatic nitrogens is 1. The summed E-state index contributed by atoms with van der Waals surface area (Å²) in [5.74, 6) is -0.297. The zero-order valence-electron chi connectivity index (χ0n) is 12.3. The lowest BCUT2D eigenvalue weighted by Gasteiger charge is -2.06. The molecule has 23 heavy (non-hydrogen) atoms. The minimum Gasteiger partial charge on any atom is -0.356 e. The maximum absolute atomic E-state index is 12.1. The van der Waals surface area contributed by atoms with Crippen LogP contribution in [0.1, 0.15) is 5.69 Å². The van der Waals surface area contributed by atoms with E-state index >= 15 is 0 Å². The summed E-state index contributed by atoms with van der Waals surface area (Å²) in [7, 11) is -3.32. The number of benzene rings is 2. The molecule has 2 aromatic carbocycles. The minimum absolute atomic E-state index is 0.0418. The first-order chi connectivity index (χ1) is 10.9. The van der Waals surface area contributed by atoms with Gasteiger partial charge in [-0.2, -0.15) is 0 Å². The summed E-state index contributed by atoms with van der Waals surface area (Å²) < 4.78 is 28.2. The standard InChI is InChI=1S/C16H14N2O4S/c1-23(20,21)12-6-4-5-11(9-12)17-16(19)10-14-13-7-2-3-8-15(13)22-18-14/h2-9H,10H2,1H3,(H,17,19). The monoisotopic (exact) mass is 330 g/mol. The molecule has 3 rings (SSSR count). The number of sulfone groups is 1. The van der Waals surface area contributed by atoms with Crippen molar-refractivity contribution in [2.75, 3.05) is 11.6 Å². The minimum atomic E-state index is -3.32. The Labute approximate surface area is 133 Å². The molecule has 7 heteroatoms. The molecule has 3 aromatic rings. The molecule has 1 N–H and O–H groups in total. The lowest BCUT2D eigenvalue weighted by Crippen LogP contribution is -2.15. The Kier molecular flexibility index (Phi) is 3.87. The Morgan fingerprint density at radius 2 is 1.96 bits per heavy atom. The second kappa shape index (κ2) is 5.85. The van der Waals surface area contributed by atoms with Crippen molar-refractivity contribution in [2.45, 2.75) is 11.3 Å². The molecule has 0 unspecified atom stereocenters. The molecule has 0 radical (unpaired) electrons. The first-order valence-electron chi connectivity index (χ1n) is 6.87. The highest BCUT2D eigenvalue weighted by molar-refractivity contribution is 7.90. The summed E-state index contributed by atoms with van der Waals surface area (Å²) in [6.45, 7) is 0. The quantitative estimate of drug-likeness (QED) is 0.793. The lowest BCUT2D eigenvalue weighted by atomic mass is 10.1. The van der Waals surface area contributed by atoms with Gasteiger partial charge in [-0.05, 0) is 30.3 Å². The molecule has 1 amide bonds. The summed E-state index contributed by atoms with van der Waals surface area (Å²) in [5.41, 5.74) is 1.58. The van der Waals surface area contributed by atoms with Crippen LogP contribution in [-0.2, 0) is 21.1 Å². The maximum atomic E-state index is 12.1. The molecular weight excluding hydrogens is 316 g/mol. The number of carbonyl (C=O) groups is 1. The van der Waals surface area contributed by atoms with Crippen LogP contribution in [0, 0.1) is 0 Å². The third-order valence-corrected chi connectivity index (χ3v) is 4.44. The van der Waals surface area contributed by atoms with Crippen molar-refractivity contribution >= 4 is 32.4 Å². The molecule has 0 aliphatic rings. The largest absolute Gasteiger partial charge is 0.356 e. The van der Waals surface area contributed by atoms with Crippen molar-refractivity contribution in [3.63, 3.8) is 0 Å². The van der Waals surface area contributed by atoms with Crippen molar-refractivity contribution in [1.82, 2.24) is 5.16 Å². The first-order valence-corrected chi connectivity index (χ1v) is 8.76. The van der Waals surface area contributed by atoms with Gasteiger partial charge in [-0.15, -0.1) is 0 Å². The Bertz CT molecular complexity index is 976. The molecule has 6 nitrogen and oxygen atoms in total. The van der Waals surface area contributed by atoms with E-state index in [9.17, 15) is 13.2 Å². The van der Waals surface area contributed by atoms with Gasteiger partial charge in [-0.1, -0.05) is 23.4 Å². The molecule has 0 atom stereocenters. The second-order valence-corrected chi connectivity index (χ2v) is 7.17. The molecule has 0 aliphatic heterocycles. The van der Waals surface area contributed by atoms with Gasteiger partial charge in [-0.3, -0.25) is 4.79 Å². The average molecular weight is 330 g/mol. The zero-order chi connectivity index (χ0) is 16.4. The fraction of sp³-hybridized carbons (Fsp3) is 0.125. The number of nitrogens with zero attached hydrogens (tertiary/aromatic N) is 1. The maximum Gasteiger partial charge on any atom is 0.230 e. The van der Waals surface area contributed by atoms with Gasteiger partial charge in [0.2, 0.25) is 5.91 Å². The van der Waals surface area contributed by atoms with Crippen LogP contribution < -0.4 is 5.32 Å². The number of rotatable bonds is 4. The number of carbonyl (C=O) groups excluding carboxylic acids is 1. The van der Waals surface area contributed by atoms with Gasteiger partial charge in [0.1, 0.15) is 5.69 Å². The van der Waals surface area contributed by atoms with Crippen LogP contribution in [0.15, 0.2) is 57.9 Å². The SMILES string of the molecule is CS(=O)(=O)c1cccc(NC(=O)Cc2noc3ccccc23)c1. The van der Waals surface area contributed by atoms with E-state index in [2.05, 4.69) is 10.5 Å². The van der Waals surface area contributed by atoms with Crippen LogP contribution in [0.5, 0.6) is 0 Å². The molecule has 1 heterocycles. The van der Waals surface area contributed by atoms with Crippen molar-refractivity contribution in [3.05, 3.63) is 54.2 Å². The van der Waals surface area contributed by atoms with Crippen LogP contribution >= 0.6 is 0 Å². The van der Waals surface area contributed by atoms with Crippen molar-refractivity contribution in [2.24, 2.45) is 0 Å². The predicted molar refractivity (Wildman–Crippen MR) is 85.9 cm³/mol. The van der Waals surface area contributed by atoms with E-state index in [4.69, 9.17) is 4.52 Å². The third kappa shape index (κ3) is 3.40. The fourth-order valence-corrected chi connectivity index (χ4v) is 2.89. The van der Waals surface area contributed by atoms with Gasteiger partial charge < -0.3 is 9.84 Å². The molecule has 1 aromatic heterocycles. The van der Waals surface area contributed by atoms with Gasteiger partial charge >= 0.3 is 0 Å². The topological polar surface area (TPSA) is 89.3 Å². The summed E-state index contributed by atoms with van der Waals surface area (Å²) in [5, 5.41) is 7.36. The van der Waals surface area contributed by atoms with E-state index in [0.29, 0.717) is 17.0 Å². The Morgan fingerprint density at radius 3 is 2.74 bits per heavy atom. The summed E-state index contributed by atoms with van der Waals surface area (Å²) in [6.07, 6.45) is 1.16. The summed E-state index contributed by atoms with van der Waals surface area (Å²) in [4.78, 5) is 12.3. The van der Waals surface area contributed by atoms with Gasteiger partial charge in [0.15, 0.2) is 15.4 Å². The summed E-state index contributed by atoms with van der Waals surface area (Å²) in [6, 6.07) is 13.4. The molecule has 0 saturated heterocycles. The molecule has 0 aliphatic carbocycles. The number of nitrogens with one attached hydrogen (secondary N) is 1. The smallest absolute Gasteiger partial charge is 0.230 e. The number of hydrogen-bond acceptors (Lipinski definition) is 5. The molecule has 0 bridgehead atoms. The molecule has 118 valence electrons. The van der Waals surface area contributed by atoms with E-state index < -0.39 is 9.84 Å². The van der Waals surface area contributed by atoms with Crippen LogP contribution in [0.3, 0.4) is 0 Å². The highest BCUT2D eigenvalue weighted by Crippen LogP contribution is 2.19. The van der Waals surface area contributed by atoms with Gasteiger partial charge in [0.05, 0.1) is 11.3 Å². The van der Waals surface area contributed by atoms with Crippen LogP contribution in [0.4, 0.5) is 5.69 Å². The Balaban J connectivity index is 1.77. The average Bonchev–Trinajstić information content (AvgIpc) is 2.90. The van der Waals surface area contributed by atoms with Crippen molar-refractivity contribution < 1.29 is 17.7 Å². The van der Waals surface area contributed by atoms with Crippen LogP contribution in [0.25, 0.3) is 11.0 Å². The number of hydrogen-bond donors (Lipinski definition) is 1. The first kappa shape index (κ1) is 15.2. The van der Waals surface area contributed by atoms with E-state index in [1.54, 1.807) is 18.2 Å². The highest BCUT2D eigenvalue weighted by atomic mass is 32.2. The molecular formula is C16H14N2O4S. The van der Waals surface area contributed by atoms with Crippen molar-refractivity contribution in [3.8, 4) is 0 Å². The van der Waals surface area contributed by atoms with Crippen molar-refractivity contribution in [1.29, 1.82) is 0 Å². The van der Waals surface area contributed by atoms with Crippen LogP contribution in [0.2, 0.25) is 0 Å². The highest BCUT2D eigenvalue weighted by Gasteiger charge is 2.13. The van der Waals surface area contributed by atoms with E-state index in [1.165, 1.54) is 12.1 Å². The third-order valence-electron chi connectivity index (χ3n) is 3.33. The van der Waals surface area contributed by atoms with E-state index in [1.807, 2.05) is 18.2 Å². The fourth-order valence-electron chi connectivity index (χ4n) is 2.23. The van der Waals surface area contributed by atoms with Gasteiger partial charge in [0.25, 0.3) is 0 Å². The van der Waals surface area contributed by atoms with Gasteiger partial charge in [0, 0.05) is 17.3 Å². The molecule has 0 fully saturated rings. The van der Waals surface area contributed by atoms with E-state index in [-0.39, 0.29) is 17.2 Å². The zero-order valence-corrected chi connectivity index (χ0v) is 13.1. The number of anilines is 1. The molecule has 0 spiro atoms.